The van der Waals surface area contributed by atoms with Gasteiger partial charge in [-0.2, -0.15) is 0 Å². The highest BCUT2D eigenvalue weighted by atomic mass is 16.3. The van der Waals surface area contributed by atoms with Gasteiger partial charge in [-0.1, -0.05) is 54.6 Å². The highest BCUT2D eigenvalue weighted by Crippen LogP contribution is 2.38. The first-order valence-corrected chi connectivity index (χ1v) is 8.51. The summed E-state index contributed by atoms with van der Waals surface area (Å²) in [5, 5.41) is 4.46. The van der Waals surface area contributed by atoms with Gasteiger partial charge in [0, 0.05) is 10.8 Å². The van der Waals surface area contributed by atoms with Gasteiger partial charge in [-0.25, -0.2) is 9.97 Å². The molecule has 0 saturated carbocycles. The monoisotopic (exact) mass is 335 g/mol. The highest BCUT2D eigenvalue weighted by Gasteiger charge is 2.20. The fourth-order valence-electron chi connectivity index (χ4n) is 3.85. The second-order valence-electron chi connectivity index (χ2n) is 6.37. The van der Waals surface area contributed by atoms with Gasteiger partial charge >= 0.3 is 0 Å². The summed E-state index contributed by atoms with van der Waals surface area (Å²) in [6.07, 6.45) is 3.45. The van der Waals surface area contributed by atoms with E-state index in [-0.39, 0.29) is 0 Å². The average Bonchev–Trinajstić information content (AvgIpc) is 3.22. The Kier molecular flexibility index (Phi) is 2.58. The van der Waals surface area contributed by atoms with Crippen LogP contribution in [0.25, 0.3) is 49.6 Å². The Balaban J connectivity index is 1.88. The Morgan fingerprint density at radius 1 is 0.808 bits per heavy atom. The first kappa shape index (κ1) is 13.6. The van der Waals surface area contributed by atoms with Crippen molar-refractivity contribution in [2.45, 2.75) is 0 Å². The molecule has 0 unspecified atom stereocenters. The third-order valence-electron chi connectivity index (χ3n) is 4.96. The van der Waals surface area contributed by atoms with Crippen LogP contribution in [0.1, 0.15) is 0 Å². The van der Waals surface area contributed by atoms with Crippen LogP contribution in [0.3, 0.4) is 0 Å². The van der Waals surface area contributed by atoms with Crippen molar-refractivity contribution in [1.82, 2.24) is 14.5 Å². The van der Waals surface area contributed by atoms with Crippen LogP contribution in [-0.4, -0.2) is 14.5 Å². The van der Waals surface area contributed by atoms with Crippen molar-refractivity contribution in [3.05, 3.63) is 79.3 Å². The minimum Gasteiger partial charge on any atom is -0.439 e. The molecule has 26 heavy (non-hydrogen) atoms. The van der Waals surface area contributed by atoms with Crippen molar-refractivity contribution in [3.8, 4) is 5.69 Å². The van der Waals surface area contributed by atoms with Crippen molar-refractivity contribution < 1.29 is 4.42 Å². The molecule has 6 rings (SSSR count). The lowest BCUT2D eigenvalue weighted by Crippen LogP contribution is -1.95. The maximum Gasteiger partial charge on any atom is 0.215 e. The predicted molar refractivity (Wildman–Crippen MR) is 104 cm³/mol. The molecular formula is C22H13N3O. The van der Waals surface area contributed by atoms with Gasteiger partial charge in [0.05, 0.1) is 22.8 Å². The molecule has 0 atom stereocenters. The van der Waals surface area contributed by atoms with Crippen molar-refractivity contribution >= 4 is 43.9 Å². The molecule has 0 aliphatic heterocycles. The molecule has 0 spiro atoms. The maximum atomic E-state index is 6.27. The molecule has 3 aromatic heterocycles. The van der Waals surface area contributed by atoms with E-state index in [1.165, 1.54) is 5.39 Å². The molecule has 0 amide bonds. The van der Waals surface area contributed by atoms with Gasteiger partial charge in [-0.15, -0.1) is 0 Å². The van der Waals surface area contributed by atoms with Crippen LogP contribution in [0.4, 0.5) is 0 Å². The Hall–Kier alpha value is -3.66. The zero-order valence-corrected chi connectivity index (χ0v) is 13.8. The lowest BCUT2D eigenvalue weighted by atomic mass is 10.1. The fraction of sp³-hybridized carbons (Fsp3) is 0. The number of benzene rings is 3. The molecule has 0 aliphatic carbocycles. The van der Waals surface area contributed by atoms with Crippen molar-refractivity contribution in [2.75, 3.05) is 0 Å². The Bertz CT molecular complexity index is 1440. The lowest BCUT2D eigenvalue weighted by Gasteiger charge is -2.09. The standard InChI is InChI=1S/C22H13N3O/c1-2-8-15-14(6-1)7-5-10-17(15)25-18-12-23-13-24-21(18)20-16-9-3-4-11-19(16)26-22(20)25/h1-13H. The number of hydrogen-bond acceptors (Lipinski definition) is 3. The van der Waals surface area contributed by atoms with Crippen molar-refractivity contribution in [2.24, 2.45) is 0 Å². The van der Waals surface area contributed by atoms with Crippen LogP contribution in [0, 0.1) is 0 Å². The summed E-state index contributed by atoms with van der Waals surface area (Å²) in [6.45, 7) is 0. The molecule has 3 aromatic carbocycles. The molecule has 4 heteroatoms. The SMILES string of the molecule is c1ccc2c(-n3c4cncnc4c4c5ccccc5oc43)cccc2c1. The van der Waals surface area contributed by atoms with E-state index in [2.05, 4.69) is 63.1 Å². The van der Waals surface area contributed by atoms with Gasteiger partial charge in [-0.05, 0) is 17.5 Å². The number of aromatic nitrogens is 3. The molecule has 0 bridgehead atoms. The maximum absolute atomic E-state index is 6.27. The Labute approximate surface area is 148 Å². The number of furan rings is 1. The first-order valence-electron chi connectivity index (χ1n) is 8.51. The highest BCUT2D eigenvalue weighted by molar-refractivity contribution is 6.18. The largest absolute Gasteiger partial charge is 0.439 e. The summed E-state index contributed by atoms with van der Waals surface area (Å²) in [7, 11) is 0. The summed E-state index contributed by atoms with van der Waals surface area (Å²) < 4.78 is 8.40. The Morgan fingerprint density at radius 3 is 2.58 bits per heavy atom. The van der Waals surface area contributed by atoms with E-state index in [9.17, 15) is 0 Å². The molecule has 0 aliphatic rings. The van der Waals surface area contributed by atoms with Crippen LogP contribution in [-0.2, 0) is 0 Å². The van der Waals surface area contributed by atoms with Gasteiger partial charge in [-0.3, -0.25) is 4.57 Å². The smallest absolute Gasteiger partial charge is 0.215 e. The van der Waals surface area contributed by atoms with Gasteiger partial charge in [0.25, 0.3) is 0 Å². The molecule has 0 fully saturated rings. The quantitative estimate of drug-likeness (QED) is 0.400. The molecular weight excluding hydrogens is 322 g/mol. The number of rotatable bonds is 1. The van der Waals surface area contributed by atoms with Gasteiger partial charge in [0.2, 0.25) is 5.71 Å². The van der Waals surface area contributed by atoms with Crippen LogP contribution in [0.5, 0.6) is 0 Å². The van der Waals surface area contributed by atoms with E-state index < -0.39 is 0 Å². The summed E-state index contributed by atoms with van der Waals surface area (Å²) in [5.41, 5.74) is 4.60. The third kappa shape index (κ3) is 1.68. The van der Waals surface area contributed by atoms with Gasteiger partial charge in [0.1, 0.15) is 17.4 Å². The summed E-state index contributed by atoms with van der Waals surface area (Å²) in [5.74, 6) is 0. The van der Waals surface area contributed by atoms with Crippen LogP contribution in [0.2, 0.25) is 0 Å². The minimum atomic E-state index is 0.804. The van der Waals surface area contributed by atoms with Crippen LogP contribution >= 0.6 is 0 Å². The van der Waals surface area contributed by atoms with E-state index in [0.29, 0.717) is 0 Å². The molecule has 6 aromatic rings. The molecule has 122 valence electrons. The van der Waals surface area contributed by atoms with Gasteiger partial charge < -0.3 is 4.42 Å². The minimum absolute atomic E-state index is 0.804. The number of nitrogens with zero attached hydrogens (tertiary/aromatic N) is 3. The lowest BCUT2D eigenvalue weighted by molar-refractivity contribution is 0.646. The van der Waals surface area contributed by atoms with E-state index in [1.807, 2.05) is 24.4 Å². The first-order chi connectivity index (χ1) is 12.9. The van der Waals surface area contributed by atoms with E-state index in [4.69, 9.17) is 4.42 Å². The topological polar surface area (TPSA) is 43.9 Å². The van der Waals surface area contributed by atoms with Gasteiger partial charge in [0.15, 0.2) is 0 Å². The van der Waals surface area contributed by atoms with Crippen LogP contribution < -0.4 is 0 Å². The number of hydrogen-bond donors (Lipinski definition) is 0. The second kappa shape index (κ2) is 4.92. The number of para-hydroxylation sites is 1. The molecule has 0 radical (unpaired) electrons. The zero-order chi connectivity index (χ0) is 17.1. The summed E-state index contributed by atoms with van der Waals surface area (Å²) in [6, 6.07) is 22.8. The van der Waals surface area contributed by atoms with E-state index >= 15 is 0 Å². The van der Waals surface area contributed by atoms with E-state index in [1.54, 1.807) is 6.33 Å². The average molecular weight is 335 g/mol. The zero-order valence-electron chi connectivity index (χ0n) is 13.8. The summed E-state index contributed by atoms with van der Waals surface area (Å²) in [4.78, 5) is 8.83. The Morgan fingerprint density at radius 2 is 1.62 bits per heavy atom. The fourth-order valence-corrected chi connectivity index (χ4v) is 3.85. The van der Waals surface area contributed by atoms with E-state index in [0.717, 1.165) is 44.2 Å². The molecule has 0 saturated heterocycles. The second-order valence-corrected chi connectivity index (χ2v) is 6.37. The van der Waals surface area contributed by atoms with Crippen molar-refractivity contribution in [1.29, 1.82) is 0 Å². The number of fused-ring (bicyclic) bond motifs is 6. The third-order valence-corrected chi connectivity index (χ3v) is 4.96. The molecule has 4 nitrogen and oxygen atoms in total. The molecule has 3 heterocycles. The predicted octanol–water partition coefficient (Wildman–Crippen LogP) is 5.47. The molecule has 0 N–H and O–H groups in total. The van der Waals surface area contributed by atoms with Crippen LogP contribution in [0.15, 0.2) is 83.7 Å². The normalized spacial score (nSPS) is 11.8. The summed E-state index contributed by atoms with van der Waals surface area (Å²) >= 11 is 0. The van der Waals surface area contributed by atoms with Crippen molar-refractivity contribution in [3.63, 3.8) is 0 Å².